The summed E-state index contributed by atoms with van der Waals surface area (Å²) in [5, 5.41) is 2.95. The molecule has 0 heterocycles. The van der Waals surface area contributed by atoms with E-state index in [-0.39, 0.29) is 5.56 Å². The van der Waals surface area contributed by atoms with Crippen molar-refractivity contribution in [1.29, 1.82) is 0 Å². The molecule has 2 nitrogen and oxygen atoms in total. The molecule has 0 atom stereocenters. The van der Waals surface area contributed by atoms with Gasteiger partial charge in [-0.3, -0.25) is 4.79 Å². The summed E-state index contributed by atoms with van der Waals surface area (Å²) in [5.41, 5.74) is -0.0293. The van der Waals surface area contributed by atoms with E-state index in [1.54, 1.807) is 0 Å². The Morgan fingerprint density at radius 2 is 2.12 bits per heavy atom. The first-order valence-electron chi connectivity index (χ1n) is 4.94. The van der Waals surface area contributed by atoms with Crippen LogP contribution in [0.4, 0.5) is 4.39 Å². The number of alkyl halides is 1. The molecule has 88 valence electrons. The Kier molecular flexibility index (Phi) is 5.56. The second-order valence-electron chi connectivity index (χ2n) is 3.28. The molecule has 1 aromatic carbocycles. The van der Waals surface area contributed by atoms with Crippen LogP contribution < -0.4 is 5.32 Å². The minimum Gasteiger partial charge on any atom is -0.352 e. The van der Waals surface area contributed by atoms with Crippen molar-refractivity contribution >= 4 is 29.1 Å². The van der Waals surface area contributed by atoms with Gasteiger partial charge in [0.1, 0.15) is 5.82 Å². The molecule has 0 spiro atoms. The molecule has 0 aliphatic carbocycles. The molecule has 0 unspecified atom stereocenters. The first kappa shape index (κ1) is 13.3. The smallest absolute Gasteiger partial charge is 0.254 e. The molecule has 0 radical (unpaired) electrons. The van der Waals surface area contributed by atoms with Gasteiger partial charge in [0.15, 0.2) is 0 Å². The van der Waals surface area contributed by atoms with Crippen LogP contribution in [-0.2, 0) is 0 Å². The van der Waals surface area contributed by atoms with Crippen molar-refractivity contribution in [1.82, 2.24) is 5.32 Å². The molecule has 16 heavy (non-hydrogen) atoms. The van der Waals surface area contributed by atoms with Gasteiger partial charge in [-0.2, -0.15) is 0 Å². The minimum absolute atomic E-state index is 0.0293. The number of nitrogens with one attached hydrogen (secondary N) is 1. The zero-order chi connectivity index (χ0) is 12.0. The number of halogens is 3. The SMILES string of the molecule is O=C(NCCCCCl)c1cc(Cl)ccc1F. The van der Waals surface area contributed by atoms with E-state index in [2.05, 4.69) is 5.32 Å². The van der Waals surface area contributed by atoms with Crippen LogP contribution in [0.1, 0.15) is 23.2 Å². The highest BCUT2D eigenvalue weighted by molar-refractivity contribution is 6.31. The highest BCUT2D eigenvalue weighted by atomic mass is 35.5. The molecule has 0 bridgehead atoms. The highest BCUT2D eigenvalue weighted by Gasteiger charge is 2.11. The standard InChI is InChI=1S/C11H12Cl2FNO/c12-5-1-2-6-15-11(16)9-7-8(13)3-4-10(9)14/h3-4,7H,1-2,5-6H2,(H,15,16). The lowest BCUT2D eigenvalue weighted by Crippen LogP contribution is -2.25. The van der Waals surface area contributed by atoms with Crippen LogP contribution in [0.5, 0.6) is 0 Å². The average Bonchev–Trinajstić information content (AvgIpc) is 2.27. The first-order chi connectivity index (χ1) is 7.65. The van der Waals surface area contributed by atoms with Crippen molar-refractivity contribution in [3.63, 3.8) is 0 Å². The molecular formula is C11H12Cl2FNO. The predicted molar refractivity (Wildman–Crippen MR) is 63.7 cm³/mol. The summed E-state index contributed by atoms with van der Waals surface area (Å²) in [6.45, 7) is 0.484. The third-order valence-corrected chi connectivity index (χ3v) is 2.52. The van der Waals surface area contributed by atoms with Gasteiger partial charge in [0.2, 0.25) is 0 Å². The number of amides is 1. The van der Waals surface area contributed by atoms with E-state index >= 15 is 0 Å². The minimum atomic E-state index is -0.570. The van der Waals surface area contributed by atoms with Gasteiger partial charge < -0.3 is 5.32 Å². The maximum Gasteiger partial charge on any atom is 0.254 e. The predicted octanol–water partition coefficient (Wildman–Crippen LogP) is 3.23. The molecule has 0 saturated heterocycles. The number of carbonyl (C=O) groups excluding carboxylic acids is 1. The van der Waals surface area contributed by atoms with Crippen LogP contribution in [0.25, 0.3) is 0 Å². The van der Waals surface area contributed by atoms with Gasteiger partial charge in [-0.1, -0.05) is 11.6 Å². The van der Waals surface area contributed by atoms with Crippen LogP contribution in [0.15, 0.2) is 18.2 Å². The lowest BCUT2D eigenvalue weighted by Gasteiger charge is -2.05. The zero-order valence-corrected chi connectivity index (χ0v) is 10.1. The lowest BCUT2D eigenvalue weighted by molar-refractivity contribution is 0.0949. The molecule has 0 aromatic heterocycles. The van der Waals surface area contributed by atoms with E-state index in [4.69, 9.17) is 23.2 Å². The summed E-state index contributed by atoms with van der Waals surface area (Å²) >= 11 is 11.2. The van der Waals surface area contributed by atoms with Gasteiger partial charge in [-0.05, 0) is 31.0 Å². The maximum absolute atomic E-state index is 13.3. The number of rotatable bonds is 5. The van der Waals surface area contributed by atoms with Crippen molar-refractivity contribution in [2.45, 2.75) is 12.8 Å². The van der Waals surface area contributed by atoms with Crippen LogP contribution in [0, 0.1) is 5.82 Å². The first-order valence-corrected chi connectivity index (χ1v) is 5.85. The third-order valence-electron chi connectivity index (χ3n) is 2.02. The quantitative estimate of drug-likeness (QED) is 0.642. The summed E-state index contributed by atoms with van der Waals surface area (Å²) in [7, 11) is 0. The second-order valence-corrected chi connectivity index (χ2v) is 4.09. The molecular weight excluding hydrogens is 252 g/mol. The van der Waals surface area contributed by atoms with Crippen molar-refractivity contribution in [2.24, 2.45) is 0 Å². The molecule has 0 fully saturated rings. The summed E-state index contributed by atoms with van der Waals surface area (Å²) in [6.07, 6.45) is 1.59. The molecule has 1 aromatic rings. The van der Waals surface area contributed by atoms with Gasteiger partial charge >= 0.3 is 0 Å². The Hall–Kier alpha value is -0.800. The van der Waals surface area contributed by atoms with Crippen LogP contribution in [0.2, 0.25) is 5.02 Å². The zero-order valence-electron chi connectivity index (χ0n) is 8.60. The maximum atomic E-state index is 13.3. The molecule has 1 N–H and O–H groups in total. The van der Waals surface area contributed by atoms with Crippen molar-refractivity contribution in [3.05, 3.63) is 34.6 Å². The fourth-order valence-corrected chi connectivity index (χ4v) is 1.55. The number of unbranched alkanes of at least 4 members (excludes halogenated alkanes) is 1. The number of hydrogen-bond donors (Lipinski definition) is 1. The van der Waals surface area contributed by atoms with E-state index in [1.165, 1.54) is 18.2 Å². The third kappa shape index (κ3) is 3.99. The van der Waals surface area contributed by atoms with Gasteiger partial charge in [0.25, 0.3) is 5.91 Å². The van der Waals surface area contributed by atoms with Crippen LogP contribution in [0.3, 0.4) is 0 Å². The molecule has 1 rings (SSSR count). The molecule has 0 saturated carbocycles. The Balaban J connectivity index is 2.55. The summed E-state index contributed by atoms with van der Waals surface area (Å²) in [6, 6.07) is 3.89. The average molecular weight is 264 g/mol. The van der Waals surface area contributed by atoms with Gasteiger partial charge in [0, 0.05) is 17.4 Å². The number of carbonyl (C=O) groups is 1. The van der Waals surface area contributed by atoms with Gasteiger partial charge in [-0.25, -0.2) is 4.39 Å². The Labute approximate surface area is 104 Å². The second kappa shape index (κ2) is 6.71. The number of benzene rings is 1. The Bertz CT molecular complexity index is 371. The van der Waals surface area contributed by atoms with Crippen molar-refractivity contribution < 1.29 is 9.18 Å². The Morgan fingerprint density at radius 3 is 2.81 bits per heavy atom. The van der Waals surface area contributed by atoms with Crippen LogP contribution in [-0.4, -0.2) is 18.3 Å². The topological polar surface area (TPSA) is 29.1 Å². The Morgan fingerprint density at radius 1 is 1.38 bits per heavy atom. The van der Waals surface area contributed by atoms with E-state index < -0.39 is 11.7 Å². The largest absolute Gasteiger partial charge is 0.352 e. The highest BCUT2D eigenvalue weighted by Crippen LogP contribution is 2.14. The lowest BCUT2D eigenvalue weighted by atomic mass is 10.2. The summed E-state index contributed by atoms with van der Waals surface area (Å²) in [5.74, 6) is -0.463. The van der Waals surface area contributed by atoms with E-state index in [0.717, 1.165) is 12.8 Å². The monoisotopic (exact) mass is 263 g/mol. The van der Waals surface area contributed by atoms with Crippen molar-refractivity contribution in [3.8, 4) is 0 Å². The van der Waals surface area contributed by atoms with Gasteiger partial charge in [-0.15, -0.1) is 11.6 Å². The van der Waals surface area contributed by atoms with Crippen LogP contribution >= 0.6 is 23.2 Å². The number of hydrogen-bond acceptors (Lipinski definition) is 1. The van der Waals surface area contributed by atoms with E-state index in [9.17, 15) is 9.18 Å². The molecule has 1 amide bonds. The van der Waals surface area contributed by atoms with E-state index in [0.29, 0.717) is 17.4 Å². The molecule has 0 aliphatic rings. The van der Waals surface area contributed by atoms with Crippen molar-refractivity contribution in [2.75, 3.05) is 12.4 Å². The summed E-state index contributed by atoms with van der Waals surface area (Å²) in [4.78, 5) is 11.5. The fraction of sp³-hybridized carbons (Fsp3) is 0.364. The summed E-state index contributed by atoms with van der Waals surface area (Å²) < 4.78 is 13.3. The normalized spacial score (nSPS) is 10.2. The fourth-order valence-electron chi connectivity index (χ4n) is 1.19. The van der Waals surface area contributed by atoms with Gasteiger partial charge in [0.05, 0.1) is 5.56 Å². The molecule has 5 heteroatoms. The molecule has 0 aliphatic heterocycles. The van der Waals surface area contributed by atoms with E-state index in [1.807, 2.05) is 0 Å².